The van der Waals surface area contributed by atoms with Gasteiger partial charge in [0.05, 0.1) is 16.7 Å². The summed E-state index contributed by atoms with van der Waals surface area (Å²) in [4.78, 5) is 6.21. The van der Waals surface area contributed by atoms with E-state index in [4.69, 9.17) is 0 Å². The maximum atomic E-state index is 14.6. The van der Waals surface area contributed by atoms with Gasteiger partial charge in [-0.1, -0.05) is 164 Å². The lowest BCUT2D eigenvalue weighted by Gasteiger charge is -2.43. The third-order valence-corrected chi connectivity index (χ3v) is 16.2. The van der Waals surface area contributed by atoms with Crippen LogP contribution in [0.2, 0.25) is 0 Å². The molecule has 14 rings (SSSR count). The number of nitrogens with zero attached hydrogens (tertiary/aromatic N) is 2. The van der Waals surface area contributed by atoms with Crippen molar-refractivity contribution >= 4 is 67.9 Å². The predicted octanol–water partition coefficient (Wildman–Crippen LogP) is 14.8. The zero-order valence-electron chi connectivity index (χ0n) is 36.7. The van der Waals surface area contributed by atoms with Crippen LogP contribution < -0.4 is 25.5 Å². The fourth-order valence-corrected chi connectivity index (χ4v) is 13.8. The number of hydrogen-bond acceptors (Lipinski definition) is 3. The molecular weight excluding hydrogens is 861 g/mol. The average molecular weight is 899 g/mol. The number of para-hydroxylation sites is 2. The van der Waals surface area contributed by atoms with Crippen LogP contribution in [0.1, 0.15) is 32.7 Å². The van der Waals surface area contributed by atoms with Crippen molar-refractivity contribution in [1.29, 1.82) is 0 Å². The summed E-state index contributed by atoms with van der Waals surface area (Å²) in [5, 5.41) is 0. The monoisotopic (exact) mass is 898 g/mol. The first-order valence-corrected chi connectivity index (χ1v) is 23.9. The Labute approximate surface area is 396 Å². The molecule has 68 heavy (non-hydrogen) atoms. The lowest BCUT2D eigenvalue weighted by molar-refractivity contribution is -0.138. The van der Waals surface area contributed by atoms with Crippen LogP contribution in [-0.4, -0.2) is 6.71 Å². The minimum Gasteiger partial charge on any atom is -0.311 e. The molecule has 0 atom stereocenters. The van der Waals surface area contributed by atoms with E-state index in [9.17, 15) is 13.2 Å². The number of rotatable bonds is 4. The topological polar surface area (TPSA) is 6.48 Å². The fourth-order valence-electron chi connectivity index (χ4n) is 12.2. The number of benzene rings is 9. The predicted molar refractivity (Wildman–Crippen MR) is 275 cm³/mol. The molecule has 322 valence electrons. The molecule has 1 spiro atoms. The lowest BCUT2D eigenvalue weighted by Crippen LogP contribution is -2.60. The zero-order valence-corrected chi connectivity index (χ0v) is 37.5. The average Bonchev–Trinajstić information content (AvgIpc) is 4.01. The van der Waals surface area contributed by atoms with E-state index in [1.54, 1.807) is 13.0 Å². The largest absolute Gasteiger partial charge is 0.416 e. The highest BCUT2D eigenvalue weighted by Crippen LogP contribution is 2.67. The molecule has 0 bridgehead atoms. The van der Waals surface area contributed by atoms with Gasteiger partial charge in [-0.3, -0.25) is 0 Å². The van der Waals surface area contributed by atoms with E-state index in [2.05, 4.69) is 174 Å². The summed E-state index contributed by atoms with van der Waals surface area (Å²) >= 11 is 1.94. The van der Waals surface area contributed by atoms with Gasteiger partial charge >= 0.3 is 6.18 Å². The smallest absolute Gasteiger partial charge is 0.311 e. The summed E-state index contributed by atoms with van der Waals surface area (Å²) in [6.07, 6.45) is -4.50. The van der Waals surface area contributed by atoms with Crippen molar-refractivity contribution in [2.75, 3.05) is 9.80 Å². The van der Waals surface area contributed by atoms with Crippen LogP contribution in [0.15, 0.2) is 212 Å². The molecular formula is C61H38BF3N2S. The van der Waals surface area contributed by atoms with Gasteiger partial charge in [-0.25, -0.2) is 0 Å². The van der Waals surface area contributed by atoms with Crippen molar-refractivity contribution in [3.05, 3.63) is 245 Å². The van der Waals surface area contributed by atoms with Crippen molar-refractivity contribution in [1.82, 2.24) is 0 Å². The number of aryl methyl sites for hydroxylation is 1. The molecule has 0 N–H and O–H groups in total. The van der Waals surface area contributed by atoms with E-state index in [1.165, 1.54) is 65.8 Å². The number of hydrogen-bond donors (Lipinski definition) is 0. The van der Waals surface area contributed by atoms with Crippen LogP contribution in [0.5, 0.6) is 0 Å². The van der Waals surface area contributed by atoms with Crippen LogP contribution in [0.3, 0.4) is 0 Å². The molecule has 2 aliphatic heterocycles. The first-order valence-electron chi connectivity index (χ1n) is 23.0. The van der Waals surface area contributed by atoms with Gasteiger partial charge in [-0.2, -0.15) is 13.2 Å². The minimum absolute atomic E-state index is 0.158. The van der Waals surface area contributed by atoms with Gasteiger partial charge in [-0.05, 0) is 128 Å². The fraction of sp³-hybridized carbons (Fsp3) is 0.0492. The van der Waals surface area contributed by atoms with Gasteiger partial charge in [0.25, 0.3) is 6.71 Å². The summed E-state index contributed by atoms with van der Waals surface area (Å²) in [5.74, 6) is 0. The molecule has 10 aromatic rings. The first-order chi connectivity index (χ1) is 33.3. The van der Waals surface area contributed by atoms with Gasteiger partial charge in [0.15, 0.2) is 0 Å². The number of thiophene rings is 1. The molecule has 0 saturated carbocycles. The Morgan fingerprint density at radius 1 is 0.471 bits per heavy atom. The van der Waals surface area contributed by atoms with Crippen molar-refractivity contribution < 1.29 is 13.2 Å². The maximum Gasteiger partial charge on any atom is 0.416 e. The van der Waals surface area contributed by atoms with Crippen LogP contribution in [0, 0.1) is 6.92 Å². The standard InChI is InChI=1S/C61H38BF3N2S/c1-37-34-45(46(36-50(37)61(63,64)65)38-18-5-2-6-19-38)39-32-33-51-54(35-39)66(40-20-7-3-8-21-40)52-30-17-31-53-56(52)62(51)59-57(67(53)41-22-9-4-10-23-41)55-44-26-13-16-29-49(44)60(58(55)68-59)47-27-14-11-24-42(47)43-25-12-15-28-48(43)60/h2-36H,1H3. The molecule has 2 nitrogen and oxygen atoms in total. The van der Waals surface area contributed by atoms with Crippen molar-refractivity contribution in [2.24, 2.45) is 0 Å². The Morgan fingerprint density at radius 2 is 1.00 bits per heavy atom. The van der Waals surface area contributed by atoms with Gasteiger partial charge in [0, 0.05) is 43.7 Å². The van der Waals surface area contributed by atoms with E-state index < -0.39 is 17.2 Å². The second kappa shape index (κ2) is 14.3. The van der Waals surface area contributed by atoms with Crippen molar-refractivity contribution in [2.45, 2.75) is 18.5 Å². The Morgan fingerprint density at radius 3 is 1.63 bits per heavy atom. The number of fused-ring (bicyclic) bond motifs is 15. The number of anilines is 6. The second-order valence-corrected chi connectivity index (χ2v) is 19.3. The molecule has 7 heteroatoms. The number of halogens is 3. The minimum atomic E-state index is -4.50. The molecule has 2 aliphatic carbocycles. The Bertz CT molecular complexity index is 3670. The second-order valence-electron chi connectivity index (χ2n) is 18.2. The molecule has 0 unspecified atom stereocenters. The van der Waals surface area contributed by atoms with E-state index in [-0.39, 0.29) is 12.3 Å². The van der Waals surface area contributed by atoms with E-state index in [1.807, 2.05) is 47.7 Å². The van der Waals surface area contributed by atoms with Gasteiger partial charge in [0.2, 0.25) is 0 Å². The Kier molecular flexibility index (Phi) is 8.28. The maximum absolute atomic E-state index is 14.6. The molecule has 0 radical (unpaired) electrons. The summed E-state index contributed by atoms with van der Waals surface area (Å²) in [6.45, 7) is 1.41. The third kappa shape index (κ3) is 5.25. The molecule has 1 aromatic heterocycles. The van der Waals surface area contributed by atoms with Gasteiger partial charge in [-0.15, -0.1) is 11.3 Å². The normalized spacial score (nSPS) is 14.2. The Hall–Kier alpha value is -7.87. The molecule has 3 heterocycles. The van der Waals surface area contributed by atoms with Crippen LogP contribution >= 0.6 is 11.3 Å². The van der Waals surface area contributed by atoms with E-state index in [0.717, 1.165) is 50.6 Å². The summed E-state index contributed by atoms with van der Waals surface area (Å²) in [7, 11) is 0. The summed E-state index contributed by atoms with van der Waals surface area (Å²) in [6, 6.07) is 74.0. The highest BCUT2D eigenvalue weighted by molar-refractivity contribution is 7.30. The molecule has 4 aliphatic rings. The van der Waals surface area contributed by atoms with E-state index in [0.29, 0.717) is 5.56 Å². The Balaban J connectivity index is 1.08. The number of alkyl halides is 3. The molecule has 0 saturated heterocycles. The van der Waals surface area contributed by atoms with Crippen LogP contribution in [0.4, 0.5) is 47.3 Å². The van der Waals surface area contributed by atoms with Crippen molar-refractivity contribution in [3.8, 4) is 44.5 Å². The molecule has 0 fully saturated rings. The van der Waals surface area contributed by atoms with Crippen LogP contribution in [-0.2, 0) is 11.6 Å². The summed E-state index contributed by atoms with van der Waals surface area (Å²) < 4.78 is 45.2. The zero-order chi connectivity index (χ0) is 45.5. The quantitative estimate of drug-likeness (QED) is 0.162. The van der Waals surface area contributed by atoms with Crippen molar-refractivity contribution in [3.63, 3.8) is 0 Å². The van der Waals surface area contributed by atoms with Gasteiger partial charge in [0.1, 0.15) is 0 Å². The highest BCUT2D eigenvalue weighted by atomic mass is 32.1. The first kappa shape index (κ1) is 39.3. The SMILES string of the molecule is Cc1cc(-c2ccc3c(c2)N(c2ccccc2)c2cccc4c2B3c2sc3c(c2N4c2ccccc2)-c2ccccc2C32c3ccccc3-c3ccccc32)c(-c2ccccc2)cc1C(F)(F)F. The van der Waals surface area contributed by atoms with Crippen LogP contribution in [0.25, 0.3) is 44.5 Å². The highest BCUT2D eigenvalue weighted by Gasteiger charge is 2.56. The third-order valence-electron chi connectivity index (χ3n) is 14.8. The van der Waals surface area contributed by atoms with Gasteiger partial charge < -0.3 is 9.80 Å². The lowest BCUT2D eigenvalue weighted by atomic mass is 9.36. The summed E-state index contributed by atoms with van der Waals surface area (Å²) in [5.41, 5.74) is 19.7. The molecule has 9 aromatic carbocycles. The molecule has 0 amide bonds. The van der Waals surface area contributed by atoms with E-state index >= 15 is 0 Å².